The van der Waals surface area contributed by atoms with Crippen LogP contribution >= 0.6 is 11.8 Å². The van der Waals surface area contributed by atoms with E-state index in [4.69, 9.17) is 9.52 Å². The van der Waals surface area contributed by atoms with Gasteiger partial charge in [-0.3, -0.25) is 4.79 Å². The number of aromatic carboxylic acids is 1. The molecule has 1 atom stereocenters. The molecule has 5 nitrogen and oxygen atoms in total. The molecule has 1 aromatic carbocycles. The zero-order valence-corrected chi connectivity index (χ0v) is 14.2. The third-order valence-corrected chi connectivity index (χ3v) is 5.24. The number of likely N-dealkylation sites (tertiary alicyclic amines) is 1. The highest BCUT2D eigenvalue weighted by atomic mass is 32.2. The van der Waals surface area contributed by atoms with Crippen molar-refractivity contribution in [3.63, 3.8) is 0 Å². The van der Waals surface area contributed by atoms with Gasteiger partial charge in [0.2, 0.25) is 0 Å². The molecule has 126 valence electrons. The lowest BCUT2D eigenvalue weighted by Gasteiger charge is -2.17. The number of carboxylic acid groups (broad SMARTS) is 1. The summed E-state index contributed by atoms with van der Waals surface area (Å²) in [6.07, 6.45) is 2.41. The van der Waals surface area contributed by atoms with E-state index in [1.165, 1.54) is 24.1 Å². The molecule has 2 heterocycles. The standard InChI is InChI=1S/C18H19NO4S/c1-12-6-8-19(10-12)17(20)14-4-2-3-5-16(14)24-11-15-13(18(21)22)7-9-23-15/h2-5,7,9,12H,6,8,10-11H2,1H3,(H,21,22). The van der Waals surface area contributed by atoms with Crippen LogP contribution in [0.2, 0.25) is 0 Å². The van der Waals surface area contributed by atoms with Gasteiger partial charge in [-0.1, -0.05) is 19.1 Å². The van der Waals surface area contributed by atoms with Gasteiger partial charge in [0.1, 0.15) is 11.3 Å². The van der Waals surface area contributed by atoms with E-state index in [0.29, 0.717) is 23.0 Å². The topological polar surface area (TPSA) is 70.8 Å². The minimum Gasteiger partial charge on any atom is -0.478 e. The van der Waals surface area contributed by atoms with Crippen LogP contribution in [0.5, 0.6) is 0 Å². The third kappa shape index (κ3) is 3.48. The van der Waals surface area contributed by atoms with Crippen molar-refractivity contribution in [3.05, 3.63) is 53.5 Å². The number of benzene rings is 1. The summed E-state index contributed by atoms with van der Waals surface area (Å²) in [5.41, 5.74) is 0.833. The van der Waals surface area contributed by atoms with Crippen LogP contribution in [0.15, 0.2) is 45.9 Å². The van der Waals surface area contributed by atoms with Crippen molar-refractivity contribution in [3.8, 4) is 0 Å². The van der Waals surface area contributed by atoms with Gasteiger partial charge in [0.25, 0.3) is 5.91 Å². The molecule has 0 aliphatic carbocycles. The van der Waals surface area contributed by atoms with E-state index < -0.39 is 5.97 Å². The number of carbonyl (C=O) groups excluding carboxylic acids is 1. The van der Waals surface area contributed by atoms with Crippen LogP contribution in [0, 0.1) is 5.92 Å². The highest BCUT2D eigenvalue weighted by Gasteiger charge is 2.25. The number of furan rings is 1. The summed E-state index contributed by atoms with van der Waals surface area (Å²) < 4.78 is 5.26. The quantitative estimate of drug-likeness (QED) is 0.836. The molecule has 1 aromatic heterocycles. The maximum atomic E-state index is 12.7. The summed E-state index contributed by atoms with van der Waals surface area (Å²) in [7, 11) is 0. The molecule has 2 aromatic rings. The molecule has 1 amide bonds. The average Bonchev–Trinajstić information content (AvgIpc) is 3.21. The number of thioether (sulfide) groups is 1. The SMILES string of the molecule is CC1CCN(C(=O)c2ccccc2SCc2occc2C(=O)O)C1. The molecule has 6 heteroatoms. The van der Waals surface area contributed by atoms with E-state index in [1.807, 2.05) is 29.2 Å². The fourth-order valence-corrected chi connectivity index (χ4v) is 3.84. The molecular weight excluding hydrogens is 326 g/mol. The van der Waals surface area contributed by atoms with Gasteiger partial charge in [-0.15, -0.1) is 11.8 Å². The summed E-state index contributed by atoms with van der Waals surface area (Å²) in [4.78, 5) is 26.6. The third-order valence-electron chi connectivity index (χ3n) is 4.16. The molecular formula is C18H19NO4S. The monoisotopic (exact) mass is 345 g/mol. The molecule has 0 spiro atoms. The molecule has 1 aliphatic heterocycles. The molecule has 1 saturated heterocycles. The smallest absolute Gasteiger partial charge is 0.339 e. The Kier molecular flexibility index (Phi) is 4.94. The number of hydrogen-bond acceptors (Lipinski definition) is 4. The zero-order chi connectivity index (χ0) is 17.1. The van der Waals surface area contributed by atoms with E-state index in [2.05, 4.69) is 6.92 Å². The van der Waals surface area contributed by atoms with Crippen LogP contribution in [-0.4, -0.2) is 35.0 Å². The van der Waals surface area contributed by atoms with Gasteiger partial charge in [-0.25, -0.2) is 4.79 Å². The van der Waals surface area contributed by atoms with E-state index >= 15 is 0 Å². The lowest BCUT2D eigenvalue weighted by molar-refractivity contribution is 0.0694. The zero-order valence-electron chi connectivity index (χ0n) is 13.4. The molecule has 0 radical (unpaired) electrons. The lowest BCUT2D eigenvalue weighted by Crippen LogP contribution is -2.28. The Bertz CT molecular complexity index is 755. The first-order chi connectivity index (χ1) is 11.6. The van der Waals surface area contributed by atoms with E-state index in [9.17, 15) is 9.59 Å². The van der Waals surface area contributed by atoms with Gasteiger partial charge in [0, 0.05) is 18.0 Å². The van der Waals surface area contributed by atoms with Crippen LogP contribution in [0.25, 0.3) is 0 Å². The normalized spacial score (nSPS) is 17.2. The average molecular weight is 345 g/mol. The summed E-state index contributed by atoms with van der Waals surface area (Å²) in [5, 5.41) is 9.13. The van der Waals surface area contributed by atoms with E-state index in [1.54, 1.807) is 0 Å². The van der Waals surface area contributed by atoms with Gasteiger partial charge in [-0.05, 0) is 30.5 Å². The van der Waals surface area contributed by atoms with Crippen molar-refractivity contribution in [2.75, 3.05) is 13.1 Å². The summed E-state index contributed by atoms with van der Waals surface area (Å²) >= 11 is 1.42. The van der Waals surface area contributed by atoms with Crippen molar-refractivity contribution in [1.82, 2.24) is 4.90 Å². The molecule has 1 N–H and O–H groups in total. The molecule has 24 heavy (non-hydrogen) atoms. The molecule has 0 saturated carbocycles. The van der Waals surface area contributed by atoms with Gasteiger partial charge >= 0.3 is 5.97 Å². The second kappa shape index (κ2) is 7.13. The van der Waals surface area contributed by atoms with E-state index in [-0.39, 0.29) is 11.5 Å². The largest absolute Gasteiger partial charge is 0.478 e. The highest BCUT2D eigenvalue weighted by molar-refractivity contribution is 7.98. The highest BCUT2D eigenvalue weighted by Crippen LogP contribution is 2.30. The van der Waals surface area contributed by atoms with Gasteiger partial charge in [0.15, 0.2) is 0 Å². The minimum atomic E-state index is -1.00. The van der Waals surface area contributed by atoms with Crippen molar-refractivity contribution < 1.29 is 19.1 Å². The Morgan fingerprint density at radius 2 is 2.08 bits per heavy atom. The number of amides is 1. The number of rotatable bonds is 5. The van der Waals surface area contributed by atoms with Crippen LogP contribution in [0.4, 0.5) is 0 Å². The Balaban J connectivity index is 1.76. The molecule has 3 rings (SSSR count). The van der Waals surface area contributed by atoms with E-state index in [0.717, 1.165) is 24.4 Å². The van der Waals surface area contributed by atoms with Gasteiger partial charge in [0.05, 0.1) is 17.6 Å². The predicted octanol–water partition coefficient (Wildman–Crippen LogP) is 3.75. The predicted molar refractivity (Wildman–Crippen MR) is 91.4 cm³/mol. The summed E-state index contributed by atoms with van der Waals surface area (Å²) in [5.74, 6) is 0.352. The van der Waals surface area contributed by atoms with Crippen LogP contribution < -0.4 is 0 Å². The van der Waals surface area contributed by atoms with Crippen molar-refractivity contribution in [1.29, 1.82) is 0 Å². The molecule has 1 fully saturated rings. The molecule has 0 bridgehead atoms. The first-order valence-electron chi connectivity index (χ1n) is 7.87. The molecule has 1 aliphatic rings. The second-order valence-electron chi connectivity index (χ2n) is 5.99. The number of hydrogen-bond donors (Lipinski definition) is 1. The number of nitrogens with zero attached hydrogens (tertiary/aromatic N) is 1. The number of carboxylic acids is 1. The first kappa shape index (κ1) is 16.6. The van der Waals surface area contributed by atoms with Gasteiger partial charge < -0.3 is 14.4 Å². The Hall–Kier alpha value is -2.21. The Morgan fingerprint density at radius 3 is 2.79 bits per heavy atom. The maximum Gasteiger partial charge on any atom is 0.339 e. The van der Waals surface area contributed by atoms with Crippen molar-refractivity contribution >= 4 is 23.6 Å². The van der Waals surface area contributed by atoms with Gasteiger partial charge in [-0.2, -0.15) is 0 Å². The minimum absolute atomic E-state index is 0.0420. The second-order valence-corrected chi connectivity index (χ2v) is 7.01. The fraction of sp³-hybridized carbons (Fsp3) is 0.333. The van der Waals surface area contributed by atoms with Crippen LogP contribution in [-0.2, 0) is 5.75 Å². The number of carbonyl (C=O) groups is 2. The fourth-order valence-electron chi connectivity index (χ4n) is 2.85. The van der Waals surface area contributed by atoms with Crippen LogP contribution in [0.1, 0.15) is 39.8 Å². The maximum absolute atomic E-state index is 12.7. The first-order valence-corrected chi connectivity index (χ1v) is 8.85. The van der Waals surface area contributed by atoms with Crippen LogP contribution in [0.3, 0.4) is 0 Å². The lowest BCUT2D eigenvalue weighted by atomic mass is 10.2. The van der Waals surface area contributed by atoms with Crippen molar-refractivity contribution in [2.45, 2.75) is 24.0 Å². The Labute approximate surface area is 144 Å². The summed E-state index contributed by atoms with van der Waals surface area (Å²) in [6, 6.07) is 8.90. The molecule has 1 unspecified atom stereocenters. The Morgan fingerprint density at radius 1 is 1.29 bits per heavy atom. The van der Waals surface area contributed by atoms with Crippen molar-refractivity contribution in [2.24, 2.45) is 5.92 Å². The summed E-state index contributed by atoms with van der Waals surface area (Å²) in [6.45, 7) is 3.73.